The van der Waals surface area contributed by atoms with Gasteiger partial charge < -0.3 is 9.26 Å². The van der Waals surface area contributed by atoms with Crippen molar-refractivity contribution in [1.29, 1.82) is 5.26 Å². The van der Waals surface area contributed by atoms with E-state index in [1.54, 1.807) is 18.3 Å². The van der Waals surface area contributed by atoms with Crippen LogP contribution in [0.25, 0.3) is 11.0 Å². The summed E-state index contributed by atoms with van der Waals surface area (Å²) in [6.45, 7) is 0. The highest BCUT2D eigenvalue weighted by Gasteiger charge is 2.10. The number of rotatable bonds is 1. The molecular weight excluding hydrogens is 168 g/mol. The van der Waals surface area contributed by atoms with Gasteiger partial charge in [0.1, 0.15) is 6.07 Å². The van der Waals surface area contributed by atoms with Crippen LogP contribution in [0.1, 0.15) is 5.56 Å². The molecule has 0 aliphatic rings. The molecule has 13 heavy (non-hydrogen) atoms. The second-order valence-electron chi connectivity index (χ2n) is 2.50. The van der Waals surface area contributed by atoms with Gasteiger partial charge in [-0.05, 0) is 12.1 Å². The van der Waals surface area contributed by atoms with E-state index in [0.717, 1.165) is 5.39 Å². The van der Waals surface area contributed by atoms with Crippen LogP contribution in [0.4, 0.5) is 0 Å². The Morgan fingerprint density at radius 2 is 2.38 bits per heavy atom. The van der Waals surface area contributed by atoms with Crippen LogP contribution in [0.5, 0.6) is 5.75 Å². The second kappa shape index (κ2) is 2.79. The van der Waals surface area contributed by atoms with Gasteiger partial charge in [0.05, 0.1) is 18.9 Å². The van der Waals surface area contributed by atoms with Gasteiger partial charge in [-0.1, -0.05) is 5.16 Å². The van der Waals surface area contributed by atoms with Gasteiger partial charge in [0.2, 0.25) is 5.58 Å². The molecule has 0 aliphatic carbocycles. The smallest absolute Gasteiger partial charge is 0.209 e. The maximum Gasteiger partial charge on any atom is 0.209 e. The fourth-order valence-electron chi connectivity index (χ4n) is 1.20. The summed E-state index contributed by atoms with van der Waals surface area (Å²) >= 11 is 0. The van der Waals surface area contributed by atoms with Crippen LogP contribution in [-0.4, -0.2) is 12.3 Å². The lowest BCUT2D eigenvalue weighted by atomic mass is 10.1. The van der Waals surface area contributed by atoms with Gasteiger partial charge in [0.15, 0.2) is 5.75 Å². The van der Waals surface area contributed by atoms with Crippen LogP contribution < -0.4 is 4.74 Å². The summed E-state index contributed by atoms with van der Waals surface area (Å²) in [5.41, 5.74) is 0.966. The van der Waals surface area contributed by atoms with Crippen molar-refractivity contribution in [2.45, 2.75) is 0 Å². The molecule has 0 fully saturated rings. The van der Waals surface area contributed by atoms with Gasteiger partial charge in [-0.3, -0.25) is 0 Å². The normalized spacial score (nSPS) is 9.85. The molecule has 4 heteroatoms. The van der Waals surface area contributed by atoms with Crippen LogP contribution >= 0.6 is 0 Å². The van der Waals surface area contributed by atoms with Crippen molar-refractivity contribution < 1.29 is 9.26 Å². The van der Waals surface area contributed by atoms with Crippen molar-refractivity contribution in [2.24, 2.45) is 0 Å². The summed E-state index contributed by atoms with van der Waals surface area (Å²) in [7, 11) is 1.50. The third-order valence-electron chi connectivity index (χ3n) is 1.80. The molecular formula is C9H6N2O2. The summed E-state index contributed by atoms with van der Waals surface area (Å²) < 4.78 is 10.0. The van der Waals surface area contributed by atoms with E-state index in [2.05, 4.69) is 5.16 Å². The van der Waals surface area contributed by atoms with Crippen LogP contribution in [0.15, 0.2) is 22.9 Å². The predicted octanol–water partition coefficient (Wildman–Crippen LogP) is 1.71. The average molecular weight is 174 g/mol. The SMILES string of the molecule is COc1c(C#N)ccc2cnoc12. The van der Waals surface area contributed by atoms with Crippen molar-refractivity contribution in [1.82, 2.24) is 5.16 Å². The van der Waals surface area contributed by atoms with E-state index in [0.29, 0.717) is 16.9 Å². The van der Waals surface area contributed by atoms with Crippen molar-refractivity contribution in [3.05, 3.63) is 23.9 Å². The number of methoxy groups -OCH3 is 1. The molecule has 0 N–H and O–H groups in total. The summed E-state index contributed by atoms with van der Waals surface area (Å²) in [6, 6.07) is 5.47. The molecule has 0 atom stereocenters. The van der Waals surface area contributed by atoms with Gasteiger partial charge in [-0.15, -0.1) is 0 Å². The zero-order chi connectivity index (χ0) is 9.26. The molecule has 0 spiro atoms. The number of fused-ring (bicyclic) bond motifs is 1. The fourth-order valence-corrected chi connectivity index (χ4v) is 1.20. The van der Waals surface area contributed by atoms with Gasteiger partial charge >= 0.3 is 0 Å². The average Bonchev–Trinajstić information content (AvgIpc) is 2.63. The molecule has 0 bridgehead atoms. The Bertz CT molecular complexity index is 482. The summed E-state index contributed by atoms with van der Waals surface area (Å²) in [4.78, 5) is 0. The van der Waals surface area contributed by atoms with Crippen molar-refractivity contribution in [2.75, 3.05) is 7.11 Å². The van der Waals surface area contributed by atoms with Crippen LogP contribution in [0.3, 0.4) is 0 Å². The molecule has 1 aromatic carbocycles. The largest absolute Gasteiger partial charge is 0.491 e. The molecule has 2 aromatic rings. The van der Waals surface area contributed by atoms with Crippen molar-refractivity contribution in [3.63, 3.8) is 0 Å². The number of aromatic nitrogens is 1. The lowest BCUT2D eigenvalue weighted by molar-refractivity contribution is 0.392. The number of hydrogen-bond acceptors (Lipinski definition) is 4. The van der Waals surface area contributed by atoms with E-state index in [1.165, 1.54) is 7.11 Å². The minimum absolute atomic E-state index is 0.442. The van der Waals surface area contributed by atoms with E-state index < -0.39 is 0 Å². The fraction of sp³-hybridized carbons (Fsp3) is 0.111. The molecule has 0 radical (unpaired) electrons. The molecule has 64 valence electrons. The van der Waals surface area contributed by atoms with Crippen molar-refractivity contribution >= 4 is 11.0 Å². The van der Waals surface area contributed by atoms with Crippen LogP contribution in [-0.2, 0) is 0 Å². The van der Waals surface area contributed by atoms with E-state index >= 15 is 0 Å². The minimum atomic E-state index is 0.442. The maximum atomic E-state index is 8.75. The number of ether oxygens (including phenoxy) is 1. The first-order valence-corrected chi connectivity index (χ1v) is 3.68. The Morgan fingerprint density at radius 3 is 3.08 bits per heavy atom. The quantitative estimate of drug-likeness (QED) is 0.660. The molecule has 0 aliphatic heterocycles. The van der Waals surface area contributed by atoms with Crippen molar-refractivity contribution in [3.8, 4) is 11.8 Å². The zero-order valence-corrected chi connectivity index (χ0v) is 6.94. The summed E-state index contributed by atoms with van der Waals surface area (Å²) in [6.07, 6.45) is 1.58. The number of nitrogens with zero attached hydrogens (tertiary/aromatic N) is 2. The third-order valence-corrected chi connectivity index (χ3v) is 1.80. The first kappa shape index (κ1) is 7.62. The lowest BCUT2D eigenvalue weighted by Gasteiger charge is -2.00. The topological polar surface area (TPSA) is 59.0 Å². The second-order valence-corrected chi connectivity index (χ2v) is 2.50. The molecule has 0 saturated carbocycles. The number of benzene rings is 1. The van der Waals surface area contributed by atoms with E-state index in [1.807, 2.05) is 6.07 Å². The Morgan fingerprint density at radius 1 is 1.54 bits per heavy atom. The third kappa shape index (κ3) is 1.02. The van der Waals surface area contributed by atoms with E-state index in [4.69, 9.17) is 14.5 Å². The minimum Gasteiger partial charge on any atom is -0.491 e. The zero-order valence-electron chi connectivity index (χ0n) is 6.94. The molecule has 1 heterocycles. The summed E-state index contributed by atoms with van der Waals surface area (Å²) in [5, 5.41) is 13.2. The lowest BCUT2D eigenvalue weighted by Crippen LogP contribution is -1.87. The monoisotopic (exact) mass is 174 g/mol. The molecule has 0 unspecified atom stereocenters. The van der Waals surface area contributed by atoms with Gasteiger partial charge in [-0.25, -0.2) is 0 Å². The Labute approximate surface area is 74.3 Å². The number of hydrogen-bond donors (Lipinski definition) is 0. The van der Waals surface area contributed by atoms with Gasteiger partial charge in [-0.2, -0.15) is 5.26 Å². The van der Waals surface area contributed by atoms with E-state index in [-0.39, 0.29) is 0 Å². The predicted molar refractivity (Wildman–Crippen MR) is 45.3 cm³/mol. The molecule has 0 amide bonds. The summed E-state index contributed by atoms with van der Waals surface area (Å²) in [5.74, 6) is 0.442. The standard InChI is InChI=1S/C9H6N2O2/c1-12-8-6(4-10)2-3-7-5-11-13-9(7)8/h2-3,5H,1H3. The molecule has 0 saturated heterocycles. The van der Waals surface area contributed by atoms with Crippen LogP contribution in [0.2, 0.25) is 0 Å². The molecule has 1 aromatic heterocycles. The highest BCUT2D eigenvalue weighted by atomic mass is 16.5. The first-order chi connectivity index (χ1) is 6.36. The van der Waals surface area contributed by atoms with Gasteiger partial charge in [0.25, 0.3) is 0 Å². The highest BCUT2D eigenvalue weighted by Crippen LogP contribution is 2.28. The molecule has 4 nitrogen and oxygen atoms in total. The maximum absolute atomic E-state index is 8.75. The van der Waals surface area contributed by atoms with E-state index in [9.17, 15) is 0 Å². The van der Waals surface area contributed by atoms with Gasteiger partial charge in [0, 0.05) is 5.39 Å². The Kier molecular flexibility index (Phi) is 1.64. The van der Waals surface area contributed by atoms with Crippen LogP contribution in [0, 0.1) is 11.3 Å². The first-order valence-electron chi connectivity index (χ1n) is 3.68. The highest BCUT2D eigenvalue weighted by molar-refractivity contribution is 5.84. The molecule has 2 rings (SSSR count). The Balaban J connectivity index is 2.84. The number of nitriles is 1. The Hall–Kier alpha value is -2.02.